The van der Waals surface area contributed by atoms with E-state index in [1.165, 1.54) is 0 Å². The molecule has 0 saturated carbocycles. The molecular weight excluding hydrogens is 448 g/mol. The van der Waals surface area contributed by atoms with Gasteiger partial charge in [0.25, 0.3) is 0 Å². The molecule has 2 aromatic carbocycles. The molecule has 2 saturated heterocycles. The highest BCUT2D eigenvalue weighted by Gasteiger charge is 2.44. The van der Waals surface area contributed by atoms with Gasteiger partial charge in [0.15, 0.2) is 0 Å². The summed E-state index contributed by atoms with van der Waals surface area (Å²) in [6.07, 6.45) is -0.238. The highest BCUT2D eigenvalue weighted by molar-refractivity contribution is 5.94. The first-order chi connectivity index (χ1) is 16.8. The number of fused-ring (bicyclic) bond motifs is 4. The number of cyclic esters (lactones) is 2. The average molecular weight is 479 g/mol. The van der Waals surface area contributed by atoms with Crippen molar-refractivity contribution in [3.05, 3.63) is 68.8 Å². The fourth-order valence-corrected chi connectivity index (χ4v) is 6.38. The van der Waals surface area contributed by atoms with Gasteiger partial charge in [-0.25, -0.2) is 9.59 Å². The summed E-state index contributed by atoms with van der Waals surface area (Å²) in [4.78, 5) is 28.3. The largest absolute Gasteiger partial charge is 0.457 e. The second-order valence-corrected chi connectivity index (χ2v) is 10.2. The Labute approximate surface area is 204 Å². The number of carbonyl (C=O) groups is 2. The van der Waals surface area contributed by atoms with E-state index in [1.54, 1.807) is 12.1 Å². The number of hydrogen-bond acceptors (Lipinski definition) is 8. The van der Waals surface area contributed by atoms with Crippen LogP contribution in [-0.2, 0) is 22.7 Å². The second-order valence-electron chi connectivity index (χ2n) is 10.2. The molecule has 4 aliphatic rings. The topological polar surface area (TPSA) is 99.5 Å². The molecule has 184 valence electrons. The molecule has 0 aliphatic carbocycles. The highest BCUT2D eigenvalue weighted by Crippen LogP contribution is 2.36. The van der Waals surface area contributed by atoms with Crippen LogP contribution >= 0.6 is 0 Å². The number of aliphatic hydroxyl groups excluding tert-OH is 2. The van der Waals surface area contributed by atoms with Crippen LogP contribution in [0.1, 0.15) is 72.7 Å². The lowest BCUT2D eigenvalue weighted by molar-refractivity contribution is 0.0456. The molecule has 4 heterocycles. The summed E-state index contributed by atoms with van der Waals surface area (Å²) in [6.45, 7) is 7.24. The van der Waals surface area contributed by atoms with Gasteiger partial charge < -0.3 is 19.7 Å². The van der Waals surface area contributed by atoms with Gasteiger partial charge in [-0.1, -0.05) is 12.1 Å². The third kappa shape index (κ3) is 3.67. The summed E-state index contributed by atoms with van der Waals surface area (Å²) in [5.74, 6) is -0.583. The molecule has 6 rings (SSSR count). The lowest BCUT2D eigenvalue weighted by atomic mass is 9.95. The number of nitrogens with zero attached hydrogens (tertiary/aromatic N) is 2. The van der Waals surface area contributed by atoms with Crippen molar-refractivity contribution in [1.82, 2.24) is 9.80 Å². The predicted molar refractivity (Wildman–Crippen MR) is 126 cm³/mol. The molecule has 0 amide bonds. The molecule has 4 unspecified atom stereocenters. The Morgan fingerprint density at radius 2 is 1.23 bits per heavy atom. The quantitative estimate of drug-likeness (QED) is 0.610. The molecule has 2 fully saturated rings. The van der Waals surface area contributed by atoms with E-state index in [1.807, 2.05) is 26.0 Å². The molecule has 8 nitrogen and oxygen atoms in total. The van der Waals surface area contributed by atoms with E-state index in [4.69, 9.17) is 9.47 Å². The van der Waals surface area contributed by atoms with Gasteiger partial charge in [-0.3, -0.25) is 9.80 Å². The number of benzene rings is 2. The van der Waals surface area contributed by atoms with Crippen molar-refractivity contribution in [2.24, 2.45) is 0 Å². The number of aliphatic hydroxyl groups is 2. The summed E-state index contributed by atoms with van der Waals surface area (Å²) in [5, 5.41) is 22.0. The monoisotopic (exact) mass is 478 g/mol. The van der Waals surface area contributed by atoms with Crippen LogP contribution in [-0.4, -0.2) is 70.2 Å². The molecule has 8 heteroatoms. The maximum Gasteiger partial charge on any atom is 0.338 e. The number of hydrogen-bond donors (Lipinski definition) is 2. The minimum atomic E-state index is -0.631. The molecule has 4 aliphatic heterocycles. The first-order valence-corrected chi connectivity index (χ1v) is 12.2. The Morgan fingerprint density at radius 1 is 0.800 bits per heavy atom. The summed E-state index contributed by atoms with van der Waals surface area (Å²) >= 11 is 0. The molecule has 0 radical (unpaired) electrons. The number of β-amino-alcohol motifs (C(OH)–C–C–N with tert-alkyl or cyclic N) is 2. The van der Waals surface area contributed by atoms with Gasteiger partial charge in [0.1, 0.15) is 13.2 Å². The van der Waals surface area contributed by atoms with Gasteiger partial charge >= 0.3 is 11.9 Å². The number of rotatable bonds is 6. The third-order valence-electron chi connectivity index (χ3n) is 8.42. The Bertz CT molecular complexity index is 1130. The Morgan fingerprint density at radius 3 is 1.63 bits per heavy atom. The van der Waals surface area contributed by atoms with E-state index >= 15 is 0 Å². The SMILES string of the molecule is Cc1c(C(O)CN2CC3CC2CN3CC(O)c2ccc3c(c2C)COC3=O)ccc2c1COC2=O. The number of carbonyl (C=O) groups excluding carboxylic acids is 2. The normalized spacial score (nSPS) is 24.9. The van der Waals surface area contributed by atoms with Crippen LogP contribution in [0.15, 0.2) is 24.3 Å². The van der Waals surface area contributed by atoms with Crippen LogP contribution in [0.4, 0.5) is 0 Å². The molecule has 35 heavy (non-hydrogen) atoms. The van der Waals surface area contributed by atoms with Gasteiger partial charge in [-0.05, 0) is 54.7 Å². The van der Waals surface area contributed by atoms with Crippen LogP contribution < -0.4 is 0 Å². The standard InChI is InChI=1S/C27H30N2O6/c1-14-18(3-5-20-22(14)12-34-26(20)32)24(30)10-28-8-17-7-16(28)9-29(17)11-25(31)19-4-6-21-23(15(19)2)13-35-27(21)33/h3-6,16-17,24-25,30-31H,7-13H2,1-2H3. The number of piperazine rings is 1. The van der Waals surface area contributed by atoms with Gasteiger partial charge in [0, 0.05) is 49.4 Å². The predicted octanol–water partition coefficient (Wildman–Crippen LogP) is 2.17. The summed E-state index contributed by atoms with van der Waals surface area (Å²) in [5.41, 5.74) is 6.55. The van der Waals surface area contributed by atoms with Crippen LogP contribution in [0.3, 0.4) is 0 Å². The van der Waals surface area contributed by atoms with E-state index in [0.29, 0.717) is 36.3 Å². The fraction of sp³-hybridized carbons (Fsp3) is 0.481. The van der Waals surface area contributed by atoms with Gasteiger partial charge in [0.05, 0.1) is 23.3 Å². The molecule has 2 aromatic rings. The zero-order valence-electron chi connectivity index (χ0n) is 20.0. The van der Waals surface area contributed by atoms with Gasteiger partial charge in [0.2, 0.25) is 0 Å². The lowest BCUT2D eigenvalue weighted by Gasteiger charge is -2.36. The van der Waals surface area contributed by atoms with Crippen molar-refractivity contribution in [2.75, 3.05) is 26.2 Å². The van der Waals surface area contributed by atoms with Crippen LogP contribution in [0, 0.1) is 13.8 Å². The Hall–Kier alpha value is -2.78. The van der Waals surface area contributed by atoms with E-state index in [0.717, 1.165) is 52.9 Å². The van der Waals surface area contributed by atoms with Gasteiger partial charge in [-0.2, -0.15) is 0 Å². The van der Waals surface area contributed by atoms with Gasteiger partial charge in [-0.15, -0.1) is 0 Å². The van der Waals surface area contributed by atoms with Crippen LogP contribution in [0.25, 0.3) is 0 Å². The third-order valence-corrected chi connectivity index (χ3v) is 8.42. The van der Waals surface area contributed by atoms with Crippen LogP contribution in [0.2, 0.25) is 0 Å². The minimum Gasteiger partial charge on any atom is -0.457 e. The van der Waals surface area contributed by atoms with Crippen molar-refractivity contribution < 1.29 is 29.3 Å². The summed E-state index contributed by atoms with van der Waals surface area (Å²) in [6, 6.07) is 7.90. The first-order valence-electron chi connectivity index (χ1n) is 12.2. The molecule has 4 atom stereocenters. The Balaban J connectivity index is 1.09. The van der Waals surface area contributed by atoms with Crippen molar-refractivity contribution in [2.45, 2.75) is 57.8 Å². The zero-order chi connectivity index (χ0) is 24.4. The highest BCUT2D eigenvalue weighted by atomic mass is 16.5. The lowest BCUT2D eigenvalue weighted by Crippen LogP contribution is -2.48. The van der Waals surface area contributed by atoms with Crippen molar-refractivity contribution in [3.8, 4) is 0 Å². The van der Waals surface area contributed by atoms with Crippen molar-refractivity contribution >= 4 is 11.9 Å². The smallest absolute Gasteiger partial charge is 0.338 e. The molecule has 2 bridgehead atoms. The van der Waals surface area contributed by atoms with Crippen molar-refractivity contribution in [1.29, 1.82) is 0 Å². The van der Waals surface area contributed by atoms with E-state index in [9.17, 15) is 19.8 Å². The van der Waals surface area contributed by atoms with E-state index in [2.05, 4.69) is 9.80 Å². The summed E-state index contributed by atoms with van der Waals surface area (Å²) < 4.78 is 10.3. The summed E-state index contributed by atoms with van der Waals surface area (Å²) in [7, 11) is 0. The first kappa shape index (κ1) is 22.7. The maximum atomic E-state index is 11.8. The van der Waals surface area contributed by atoms with E-state index < -0.39 is 12.2 Å². The fourth-order valence-electron chi connectivity index (χ4n) is 6.38. The average Bonchev–Trinajstić information content (AvgIpc) is 3.59. The minimum absolute atomic E-state index is 0.277. The molecular formula is C27H30N2O6. The number of ether oxygens (including phenoxy) is 2. The van der Waals surface area contributed by atoms with E-state index in [-0.39, 0.29) is 25.2 Å². The van der Waals surface area contributed by atoms with Crippen LogP contribution in [0.5, 0.6) is 0 Å². The van der Waals surface area contributed by atoms with Crippen molar-refractivity contribution in [3.63, 3.8) is 0 Å². The zero-order valence-corrected chi connectivity index (χ0v) is 20.0. The number of likely N-dealkylation sites (tertiary alicyclic amines) is 2. The molecule has 2 N–H and O–H groups in total. The molecule has 0 aromatic heterocycles. The maximum absolute atomic E-state index is 11.8. The second kappa shape index (κ2) is 8.41. The molecule has 0 spiro atoms. The Kier molecular flexibility index (Phi) is 5.45. The number of esters is 2.